The molecule has 9 nitrogen and oxygen atoms in total. The Morgan fingerprint density at radius 3 is 2.29 bits per heavy atom. The summed E-state index contributed by atoms with van der Waals surface area (Å²) in [6.07, 6.45) is 2.17. The van der Waals surface area contributed by atoms with Gasteiger partial charge in [0.2, 0.25) is 5.91 Å². The van der Waals surface area contributed by atoms with Crippen molar-refractivity contribution in [3.63, 3.8) is 0 Å². The molecule has 0 radical (unpaired) electrons. The van der Waals surface area contributed by atoms with E-state index in [0.717, 1.165) is 22.3 Å². The Labute approximate surface area is 203 Å². The predicted molar refractivity (Wildman–Crippen MR) is 130 cm³/mol. The van der Waals surface area contributed by atoms with E-state index in [1.54, 1.807) is 0 Å². The number of carbonyl (C=O) groups is 3. The minimum absolute atomic E-state index is 0.0292. The first-order valence-electron chi connectivity index (χ1n) is 11.5. The number of aliphatic carboxylic acids is 1. The molecule has 2 aromatic carbocycles. The van der Waals surface area contributed by atoms with Gasteiger partial charge in [-0.15, -0.1) is 0 Å². The zero-order chi connectivity index (χ0) is 24.9. The fourth-order valence-corrected chi connectivity index (χ4v) is 4.31. The van der Waals surface area contributed by atoms with E-state index >= 15 is 0 Å². The Morgan fingerprint density at radius 2 is 1.69 bits per heavy atom. The summed E-state index contributed by atoms with van der Waals surface area (Å²) in [6, 6.07) is 15.7. The molecule has 3 aromatic rings. The van der Waals surface area contributed by atoms with Crippen LogP contribution in [0.3, 0.4) is 0 Å². The number of carboxylic acids is 1. The number of fused-ring (bicyclic) bond motifs is 3. The first kappa shape index (κ1) is 24.0. The highest BCUT2D eigenvalue weighted by atomic mass is 16.5. The summed E-state index contributed by atoms with van der Waals surface area (Å²) in [6.45, 7) is 3.78. The second-order valence-electron chi connectivity index (χ2n) is 8.89. The Balaban J connectivity index is 1.31. The number of ether oxygens (including phenoxy) is 1. The van der Waals surface area contributed by atoms with Crippen LogP contribution in [0.5, 0.6) is 0 Å². The van der Waals surface area contributed by atoms with E-state index in [0.29, 0.717) is 5.69 Å². The number of nitrogens with zero attached hydrogens (tertiary/aromatic N) is 2. The topological polar surface area (TPSA) is 123 Å². The van der Waals surface area contributed by atoms with Gasteiger partial charge in [0, 0.05) is 18.2 Å². The van der Waals surface area contributed by atoms with Crippen LogP contribution in [-0.2, 0) is 20.9 Å². The number of benzene rings is 2. The van der Waals surface area contributed by atoms with Crippen molar-refractivity contribution in [3.05, 3.63) is 72.1 Å². The summed E-state index contributed by atoms with van der Waals surface area (Å²) in [5.74, 6) is -1.41. The van der Waals surface area contributed by atoms with Crippen LogP contribution in [0.1, 0.15) is 37.3 Å². The number of hydrogen-bond acceptors (Lipinski definition) is 5. The Kier molecular flexibility index (Phi) is 7.14. The number of carboxylic acid groups (broad SMARTS) is 1. The van der Waals surface area contributed by atoms with Gasteiger partial charge >= 0.3 is 12.1 Å². The molecule has 2 amide bonds. The van der Waals surface area contributed by atoms with E-state index in [1.165, 1.54) is 17.1 Å². The highest BCUT2D eigenvalue weighted by Crippen LogP contribution is 2.44. The summed E-state index contributed by atoms with van der Waals surface area (Å²) in [4.78, 5) is 35.8. The third-order valence-electron chi connectivity index (χ3n) is 6.07. The van der Waals surface area contributed by atoms with Gasteiger partial charge in [0.05, 0.1) is 18.3 Å². The zero-order valence-corrected chi connectivity index (χ0v) is 19.6. The lowest BCUT2D eigenvalue weighted by Gasteiger charge is -2.20. The SMILES string of the molecule is CC(C)C(CC(=O)O)NC(=O)Cn1cc(NC(=O)OCC2c3ccccc3-c3ccccc32)cn1. The van der Waals surface area contributed by atoms with E-state index in [1.807, 2.05) is 38.1 Å². The average Bonchev–Trinajstić information content (AvgIpc) is 3.38. The molecule has 1 aromatic heterocycles. The van der Waals surface area contributed by atoms with Crippen molar-refractivity contribution >= 4 is 23.7 Å². The molecule has 1 aliphatic rings. The minimum atomic E-state index is -0.974. The molecule has 0 saturated heterocycles. The molecule has 1 aliphatic carbocycles. The average molecular weight is 477 g/mol. The maximum absolute atomic E-state index is 12.4. The summed E-state index contributed by atoms with van der Waals surface area (Å²) in [5.41, 5.74) is 4.95. The van der Waals surface area contributed by atoms with Crippen molar-refractivity contribution in [1.29, 1.82) is 0 Å². The van der Waals surface area contributed by atoms with Gasteiger partial charge in [0.15, 0.2) is 0 Å². The van der Waals surface area contributed by atoms with Crippen molar-refractivity contribution in [3.8, 4) is 11.1 Å². The van der Waals surface area contributed by atoms with Crippen molar-refractivity contribution in [2.75, 3.05) is 11.9 Å². The van der Waals surface area contributed by atoms with Gasteiger partial charge in [-0.2, -0.15) is 5.10 Å². The first-order chi connectivity index (χ1) is 16.8. The number of rotatable bonds is 9. The maximum atomic E-state index is 12.4. The van der Waals surface area contributed by atoms with Crippen LogP contribution in [0.15, 0.2) is 60.9 Å². The minimum Gasteiger partial charge on any atom is -0.481 e. The predicted octanol–water partition coefficient (Wildman–Crippen LogP) is 3.86. The highest BCUT2D eigenvalue weighted by molar-refractivity contribution is 5.85. The lowest BCUT2D eigenvalue weighted by molar-refractivity contribution is -0.138. The molecular weight excluding hydrogens is 448 g/mol. The van der Waals surface area contributed by atoms with Gasteiger partial charge in [-0.3, -0.25) is 19.6 Å². The molecule has 0 fully saturated rings. The van der Waals surface area contributed by atoms with Crippen molar-refractivity contribution in [1.82, 2.24) is 15.1 Å². The van der Waals surface area contributed by atoms with Crippen LogP contribution in [0, 0.1) is 5.92 Å². The van der Waals surface area contributed by atoms with Gasteiger partial charge in [-0.1, -0.05) is 62.4 Å². The Hall–Kier alpha value is -4.14. The number of carbonyl (C=O) groups excluding carboxylic acids is 2. The van der Waals surface area contributed by atoms with E-state index < -0.39 is 18.1 Å². The van der Waals surface area contributed by atoms with E-state index in [4.69, 9.17) is 9.84 Å². The van der Waals surface area contributed by atoms with Crippen molar-refractivity contribution < 1.29 is 24.2 Å². The second kappa shape index (κ2) is 10.4. The molecule has 0 bridgehead atoms. The normalized spacial score (nSPS) is 13.1. The number of nitrogens with one attached hydrogen (secondary N) is 2. The Morgan fingerprint density at radius 1 is 1.06 bits per heavy atom. The second-order valence-corrected chi connectivity index (χ2v) is 8.89. The molecular formula is C26H28N4O5. The van der Waals surface area contributed by atoms with Gasteiger partial charge in [-0.25, -0.2) is 4.79 Å². The number of anilines is 1. The van der Waals surface area contributed by atoms with Crippen LogP contribution in [0.2, 0.25) is 0 Å². The molecule has 0 spiro atoms. The smallest absolute Gasteiger partial charge is 0.411 e. The molecule has 35 heavy (non-hydrogen) atoms. The summed E-state index contributed by atoms with van der Waals surface area (Å²) in [7, 11) is 0. The Bertz CT molecular complexity index is 1190. The molecule has 1 heterocycles. The molecule has 9 heteroatoms. The fraction of sp³-hybridized carbons (Fsp3) is 0.308. The van der Waals surface area contributed by atoms with Gasteiger partial charge in [0.25, 0.3) is 0 Å². The molecule has 0 saturated carbocycles. The van der Waals surface area contributed by atoms with Crippen LogP contribution >= 0.6 is 0 Å². The van der Waals surface area contributed by atoms with Crippen LogP contribution in [0.4, 0.5) is 10.5 Å². The first-order valence-corrected chi connectivity index (χ1v) is 11.5. The molecule has 4 rings (SSSR count). The van der Waals surface area contributed by atoms with Gasteiger partial charge in [-0.05, 0) is 28.2 Å². The molecule has 1 atom stereocenters. The molecule has 1 unspecified atom stereocenters. The quantitative estimate of drug-likeness (QED) is 0.431. The van der Waals surface area contributed by atoms with E-state index in [2.05, 4.69) is 40.0 Å². The molecule has 182 valence electrons. The summed E-state index contributed by atoms with van der Waals surface area (Å²) >= 11 is 0. The van der Waals surface area contributed by atoms with Crippen molar-refractivity contribution in [2.24, 2.45) is 5.92 Å². The molecule has 0 aliphatic heterocycles. The number of aromatic nitrogens is 2. The van der Waals surface area contributed by atoms with Crippen LogP contribution in [-0.4, -0.2) is 45.5 Å². The monoisotopic (exact) mass is 476 g/mol. The third-order valence-corrected chi connectivity index (χ3v) is 6.07. The largest absolute Gasteiger partial charge is 0.481 e. The van der Waals surface area contributed by atoms with Gasteiger partial charge < -0.3 is 15.2 Å². The maximum Gasteiger partial charge on any atom is 0.411 e. The van der Waals surface area contributed by atoms with Crippen molar-refractivity contribution in [2.45, 2.75) is 38.8 Å². The zero-order valence-electron chi connectivity index (χ0n) is 19.6. The lowest BCUT2D eigenvalue weighted by Crippen LogP contribution is -2.41. The standard InChI is InChI=1S/C26H28N4O5/c1-16(2)23(11-25(32)33)29-24(31)14-30-13-17(12-27-30)28-26(34)35-15-22-20-9-5-3-7-18(20)19-8-4-6-10-21(19)22/h3-10,12-13,16,22-23H,11,14-15H2,1-2H3,(H,28,34)(H,29,31)(H,32,33). The fourth-order valence-electron chi connectivity index (χ4n) is 4.31. The lowest BCUT2D eigenvalue weighted by atomic mass is 9.98. The number of hydrogen-bond donors (Lipinski definition) is 3. The van der Waals surface area contributed by atoms with Gasteiger partial charge in [0.1, 0.15) is 13.2 Å². The third kappa shape index (κ3) is 5.68. The summed E-state index contributed by atoms with van der Waals surface area (Å²) in [5, 5.41) is 18.5. The van der Waals surface area contributed by atoms with Crippen LogP contribution < -0.4 is 10.6 Å². The number of amides is 2. The van der Waals surface area contributed by atoms with E-state index in [9.17, 15) is 14.4 Å². The summed E-state index contributed by atoms with van der Waals surface area (Å²) < 4.78 is 6.90. The highest BCUT2D eigenvalue weighted by Gasteiger charge is 2.29. The van der Waals surface area contributed by atoms with Crippen LogP contribution in [0.25, 0.3) is 11.1 Å². The van der Waals surface area contributed by atoms with E-state index in [-0.39, 0.29) is 37.3 Å². The molecule has 3 N–H and O–H groups in total.